The van der Waals surface area contributed by atoms with Crippen molar-refractivity contribution in [3.05, 3.63) is 17.1 Å². The summed E-state index contributed by atoms with van der Waals surface area (Å²) in [5.41, 5.74) is 6.80. The third-order valence-electron chi connectivity index (χ3n) is 2.65. The van der Waals surface area contributed by atoms with Crippen molar-refractivity contribution in [2.75, 3.05) is 17.6 Å². The molecule has 0 fully saturated rings. The van der Waals surface area contributed by atoms with Crippen LogP contribution in [0.2, 0.25) is 0 Å². The fourth-order valence-corrected chi connectivity index (χ4v) is 2.30. The number of aromatic nitrogens is 4. The van der Waals surface area contributed by atoms with Gasteiger partial charge in [0.25, 0.3) is 0 Å². The minimum Gasteiger partial charge on any atom is -0.381 e. The first-order valence-corrected chi connectivity index (χ1v) is 6.81. The number of hydrogen-bond acceptors (Lipinski definition) is 7. The van der Waals surface area contributed by atoms with E-state index < -0.39 is 0 Å². The van der Waals surface area contributed by atoms with Crippen LogP contribution in [0.15, 0.2) is 0 Å². The normalized spacial score (nSPS) is 10.3. The topological polar surface area (TPSA) is 116 Å². The molecule has 2 aromatic rings. The van der Waals surface area contributed by atoms with Gasteiger partial charge >= 0.3 is 0 Å². The van der Waals surface area contributed by atoms with Gasteiger partial charge in [0.2, 0.25) is 5.13 Å². The van der Waals surface area contributed by atoms with Crippen LogP contribution in [0.5, 0.6) is 0 Å². The molecule has 0 spiro atoms. The van der Waals surface area contributed by atoms with Gasteiger partial charge in [-0.15, -0.1) is 0 Å². The Hall–Kier alpha value is -2.14. The van der Waals surface area contributed by atoms with E-state index in [1.165, 1.54) is 11.5 Å². The number of rotatable bonds is 6. The minimum atomic E-state index is 0.266. The average Bonchev–Trinajstić information content (AvgIpc) is 3.01. The van der Waals surface area contributed by atoms with E-state index in [1.807, 2.05) is 6.92 Å². The Kier molecular flexibility index (Phi) is 4.30. The summed E-state index contributed by atoms with van der Waals surface area (Å²) in [4.78, 5) is 4.31. The van der Waals surface area contributed by atoms with Crippen LogP contribution in [0.1, 0.15) is 30.4 Å². The Morgan fingerprint density at radius 3 is 3.05 bits per heavy atom. The molecule has 0 aliphatic carbocycles. The highest BCUT2D eigenvalue weighted by Crippen LogP contribution is 2.14. The van der Waals surface area contributed by atoms with Crippen molar-refractivity contribution in [2.45, 2.75) is 26.2 Å². The second-order valence-electron chi connectivity index (χ2n) is 3.97. The number of aromatic amines is 1. The molecule has 0 atom stereocenters. The van der Waals surface area contributed by atoms with E-state index >= 15 is 0 Å². The lowest BCUT2D eigenvalue weighted by atomic mass is 10.1. The van der Waals surface area contributed by atoms with E-state index in [2.05, 4.69) is 30.9 Å². The molecule has 8 heteroatoms. The summed E-state index contributed by atoms with van der Waals surface area (Å²) in [6, 6.07) is 2.05. The SMILES string of the molecule is CCc1nsc(NCCCc2[nH]nc(N)c2C#N)n1. The maximum Gasteiger partial charge on any atom is 0.202 e. The fraction of sp³-hybridized carbons (Fsp3) is 0.455. The van der Waals surface area contributed by atoms with E-state index in [9.17, 15) is 0 Å². The number of nitrogens with one attached hydrogen (secondary N) is 2. The van der Waals surface area contributed by atoms with Crippen molar-refractivity contribution < 1.29 is 0 Å². The number of anilines is 2. The Bertz CT molecular complexity index is 580. The molecule has 0 aliphatic rings. The highest BCUT2D eigenvalue weighted by molar-refractivity contribution is 7.09. The first-order chi connectivity index (χ1) is 9.24. The summed E-state index contributed by atoms with van der Waals surface area (Å²) in [7, 11) is 0. The molecule has 2 heterocycles. The van der Waals surface area contributed by atoms with Gasteiger partial charge in [-0.05, 0) is 12.8 Å². The Labute approximate surface area is 115 Å². The van der Waals surface area contributed by atoms with Crippen LogP contribution in [0.4, 0.5) is 10.9 Å². The lowest BCUT2D eigenvalue weighted by Crippen LogP contribution is -2.03. The van der Waals surface area contributed by atoms with Gasteiger partial charge in [0, 0.05) is 24.5 Å². The third kappa shape index (κ3) is 3.20. The number of aryl methyl sites for hydroxylation is 2. The monoisotopic (exact) mass is 277 g/mol. The van der Waals surface area contributed by atoms with E-state index in [0.29, 0.717) is 5.56 Å². The van der Waals surface area contributed by atoms with Crippen LogP contribution in [-0.2, 0) is 12.8 Å². The molecule has 0 saturated heterocycles. The van der Waals surface area contributed by atoms with E-state index in [1.54, 1.807) is 0 Å². The first kappa shape index (κ1) is 13.3. The van der Waals surface area contributed by atoms with Crippen LogP contribution in [0.25, 0.3) is 0 Å². The summed E-state index contributed by atoms with van der Waals surface area (Å²) >= 11 is 1.37. The number of nitriles is 1. The quantitative estimate of drug-likeness (QED) is 0.686. The standard InChI is InChI=1S/C11H15N7S/c1-2-9-15-11(19-18-9)14-5-3-4-8-7(6-12)10(13)17-16-8/h2-5H2,1H3,(H3,13,16,17)(H,14,15,18). The molecule has 0 amide bonds. The average molecular weight is 277 g/mol. The lowest BCUT2D eigenvalue weighted by molar-refractivity contribution is 0.823. The highest BCUT2D eigenvalue weighted by atomic mass is 32.1. The summed E-state index contributed by atoms with van der Waals surface area (Å²) in [6.45, 7) is 2.79. The number of nitrogens with two attached hydrogens (primary N) is 1. The predicted octanol–water partition coefficient (Wildman–Crippen LogP) is 1.32. The molecule has 0 aromatic carbocycles. The van der Waals surface area contributed by atoms with Gasteiger partial charge in [0.15, 0.2) is 5.82 Å². The molecule has 19 heavy (non-hydrogen) atoms. The number of H-pyrrole nitrogens is 1. The summed E-state index contributed by atoms with van der Waals surface area (Å²) in [5, 5.41) is 19.6. The molecule has 7 nitrogen and oxygen atoms in total. The molecule has 0 bridgehead atoms. The molecule has 0 radical (unpaired) electrons. The maximum absolute atomic E-state index is 8.93. The van der Waals surface area contributed by atoms with Gasteiger partial charge in [-0.2, -0.15) is 14.7 Å². The number of nitrogens with zero attached hydrogens (tertiary/aromatic N) is 4. The van der Waals surface area contributed by atoms with Crippen molar-refractivity contribution >= 4 is 22.5 Å². The van der Waals surface area contributed by atoms with Crippen molar-refractivity contribution in [1.29, 1.82) is 5.26 Å². The Morgan fingerprint density at radius 2 is 2.37 bits per heavy atom. The molecule has 2 rings (SSSR count). The second-order valence-corrected chi connectivity index (χ2v) is 4.73. The van der Waals surface area contributed by atoms with E-state index in [4.69, 9.17) is 11.0 Å². The maximum atomic E-state index is 8.93. The smallest absolute Gasteiger partial charge is 0.202 e. The predicted molar refractivity (Wildman–Crippen MR) is 73.8 cm³/mol. The minimum absolute atomic E-state index is 0.266. The van der Waals surface area contributed by atoms with Crippen LogP contribution in [0.3, 0.4) is 0 Å². The summed E-state index contributed by atoms with van der Waals surface area (Å²) in [5.74, 6) is 1.13. The molecule has 2 aromatic heterocycles. The first-order valence-electron chi connectivity index (χ1n) is 6.03. The summed E-state index contributed by atoms with van der Waals surface area (Å²) in [6.07, 6.45) is 2.42. The van der Waals surface area contributed by atoms with Crippen molar-refractivity contribution in [1.82, 2.24) is 19.6 Å². The largest absolute Gasteiger partial charge is 0.381 e. The number of hydrogen-bond donors (Lipinski definition) is 3. The Morgan fingerprint density at radius 1 is 1.53 bits per heavy atom. The van der Waals surface area contributed by atoms with E-state index in [-0.39, 0.29) is 5.82 Å². The molecular formula is C11H15N7S. The van der Waals surface area contributed by atoms with Gasteiger partial charge in [0.05, 0.1) is 5.69 Å². The van der Waals surface area contributed by atoms with Gasteiger partial charge in [-0.25, -0.2) is 4.98 Å². The van der Waals surface area contributed by atoms with Gasteiger partial charge in [-0.3, -0.25) is 5.10 Å². The molecule has 4 N–H and O–H groups in total. The van der Waals surface area contributed by atoms with Gasteiger partial charge in [0.1, 0.15) is 17.5 Å². The molecular weight excluding hydrogens is 262 g/mol. The fourth-order valence-electron chi connectivity index (χ4n) is 1.63. The van der Waals surface area contributed by atoms with Crippen LogP contribution < -0.4 is 11.1 Å². The molecule has 0 aliphatic heterocycles. The summed E-state index contributed by atoms with van der Waals surface area (Å²) < 4.78 is 4.19. The highest BCUT2D eigenvalue weighted by Gasteiger charge is 2.09. The van der Waals surface area contributed by atoms with Crippen molar-refractivity contribution in [3.63, 3.8) is 0 Å². The second kappa shape index (κ2) is 6.15. The van der Waals surface area contributed by atoms with Crippen LogP contribution in [0, 0.1) is 11.3 Å². The van der Waals surface area contributed by atoms with Gasteiger partial charge in [-0.1, -0.05) is 6.92 Å². The third-order valence-corrected chi connectivity index (χ3v) is 3.36. The van der Waals surface area contributed by atoms with Crippen LogP contribution >= 0.6 is 11.5 Å². The van der Waals surface area contributed by atoms with Crippen LogP contribution in [-0.4, -0.2) is 26.1 Å². The lowest BCUT2D eigenvalue weighted by Gasteiger charge is -2.01. The van der Waals surface area contributed by atoms with Gasteiger partial charge < -0.3 is 11.1 Å². The number of nitrogen functional groups attached to an aromatic ring is 1. The zero-order valence-electron chi connectivity index (χ0n) is 10.6. The molecule has 0 saturated carbocycles. The van der Waals surface area contributed by atoms with Crippen molar-refractivity contribution in [3.8, 4) is 6.07 Å². The zero-order valence-corrected chi connectivity index (χ0v) is 11.4. The Balaban J connectivity index is 1.79. The zero-order chi connectivity index (χ0) is 13.7. The van der Waals surface area contributed by atoms with Crippen molar-refractivity contribution in [2.24, 2.45) is 0 Å². The molecule has 0 unspecified atom stereocenters. The van der Waals surface area contributed by atoms with E-state index in [0.717, 1.165) is 42.5 Å². The molecule has 100 valence electrons.